The van der Waals surface area contributed by atoms with E-state index < -0.39 is 0 Å². The van der Waals surface area contributed by atoms with Gasteiger partial charge in [-0.05, 0) is 18.9 Å². The zero-order chi connectivity index (χ0) is 17.3. The van der Waals surface area contributed by atoms with Crippen LogP contribution in [0, 0.1) is 0 Å². The highest BCUT2D eigenvalue weighted by Gasteiger charge is 2.35. The van der Waals surface area contributed by atoms with Crippen LogP contribution in [0.3, 0.4) is 0 Å². The Kier molecular flexibility index (Phi) is 4.83. The molecule has 24 heavy (non-hydrogen) atoms. The van der Waals surface area contributed by atoms with Crippen molar-refractivity contribution >= 4 is 11.8 Å². The first-order valence-corrected chi connectivity index (χ1v) is 9.33. The molecule has 1 aromatic carbocycles. The van der Waals surface area contributed by atoms with Crippen molar-refractivity contribution in [1.82, 2.24) is 9.55 Å². The van der Waals surface area contributed by atoms with E-state index in [4.69, 9.17) is 9.72 Å². The Hall–Kier alpha value is -1.59. The van der Waals surface area contributed by atoms with Crippen molar-refractivity contribution in [2.75, 3.05) is 19.5 Å². The van der Waals surface area contributed by atoms with E-state index in [1.54, 1.807) is 23.4 Å². The molecule has 0 N–H and O–H groups in total. The fourth-order valence-electron chi connectivity index (χ4n) is 3.42. The molecule has 0 saturated carbocycles. The molecule has 0 fully saturated rings. The summed E-state index contributed by atoms with van der Waals surface area (Å²) in [4.78, 5) is 18.1. The van der Waals surface area contributed by atoms with Crippen molar-refractivity contribution in [2.24, 2.45) is 0 Å². The fraction of sp³-hybridized carbons (Fsp3) is 0.474. The van der Waals surface area contributed by atoms with Gasteiger partial charge in [0.2, 0.25) is 0 Å². The van der Waals surface area contributed by atoms with E-state index in [1.165, 1.54) is 5.56 Å². The van der Waals surface area contributed by atoms with Crippen LogP contribution in [0.2, 0.25) is 0 Å². The molecule has 0 radical (unpaired) electrons. The first-order valence-electron chi connectivity index (χ1n) is 8.35. The predicted octanol–water partition coefficient (Wildman–Crippen LogP) is 3.50. The summed E-state index contributed by atoms with van der Waals surface area (Å²) < 4.78 is 6.93. The second-order valence-electron chi connectivity index (χ2n) is 6.73. The number of rotatable bonds is 5. The minimum absolute atomic E-state index is 0.0990. The second-order valence-corrected chi connectivity index (χ2v) is 7.79. The molecule has 0 unspecified atom stereocenters. The molecular weight excluding hydrogens is 320 g/mol. The SMILES string of the molecule is CCn1c(SCCOC)nc2c(c1=O)C(C)(C)Cc1ccccc1-2. The zero-order valence-corrected chi connectivity index (χ0v) is 15.6. The van der Waals surface area contributed by atoms with Gasteiger partial charge >= 0.3 is 0 Å². The normalized spacial score (nSPS) is 15.0. The van der Waals surface area contributed by atoms with E-state index in [9.17, 15) is 4.79 Å². The number of thioether (sulfide) groups is 1. The van der Waals surface area contributed by atoms with Gasteiger partial charge in [-0.2, -0.15) is 0 Å². The molecular formula is C19H24N2O2S. The van der Waals surface area contributed by atoms with Crippen LogP contribution in [0.4, 0.5) is 0 Å². The average molecular weight is 344 g/mol. The molecule has 0 bridgehead atoms. The highest BCUT2D eigenvalue weighted by Crippen LogP contribution is 2.40. The Balaban J connectivity index is 2.22. The molecule has 1 aromatic heterocycles. The van der Waals surface area contributed by atoms with Crippen molar-refractivity contribution in [2.45, 2.75) is 44.3 Å². The summed E-state index contributed by atoms with van der Waals surface area (Å²) in [5.41, 5.74) is 3.96. The Morgan fingerprint density at radius 3 is 2.79 bits per heavy atom. The maximum atomic E-state index is 13.2. The van der Waals surface area contributed by atoms with Crippen LogP contribution in [-0.2, 0) is 23.1 Å². The van der Waals surface area contributed by atoms with Crippen LogP contribution in [0.25, 0.3) is 11.3 Å². The number of fused-ring (bicyclic) bond motifs is 3. The van der Waals surface area contributed by atoms with E-state index >= 15 is 0 Å². The lowest BCUT2D eigenvalue weighted by Gasteiger charge is -2.33. The number of hydrogen-bond donors (Lipinski definition) is 0. The van der Waals surface area contributed by atoms with Gasteiger partial charge in [-0.1, -0.05) is 49.9 Å². The van der Waals surface area contributed by atoms with Gasteiger partial charge < -0.3 is 4.74 Å². The monoisotopic (exact) mass is 344 g/mol. The molecule has 1 aliphatic carbocycles. The molecule has 4 nitrogen and oxygen atoms in total. The van der Waals surface area contributed by atoms with Crippen LogP contribution in [0.1, 0.15) is 31.9 Å². The van der Waals surface area contributed by atoms with E-state index in [-0.39, 0.29) is 11.0 Å². The summed E-state index contributed by atoms with van der Waals surface area (Å²) in [5, 5.41) is 0.783. The van der Waals surface area contributed by atoms with Crippen LogP contribution in [0.15, 0.2) is 34.2 Å². The van der Waals surface area contributed by atoms with Crippen molar-refractivity contribution in [3.8, 4) is 11.3 Å². The number of hydrogen-bond acceptors (Lipinski definition) is 4. The van der Waals surface area contributed by atoms with Crippen molar-refractivity contribution in [3.05, 3.63) is 45.7 Å². The Bertz CT molecular complexity index is 811. The topological polar surface area (TPSA) is 44.1 Å². The lowest BCUT2D eigenvalue weighted by Crippen LogP contribution is -2.38. The maximum Gasteiger partial charge on any atom is 0.258 e. The third-order valence-corrected chi connectivity index (χ3v) is 5.49. The largest absolute Gasteiger partial charge is 0.384 e. The molecule has 0 aliphatic heterocycles. The molecule has 2 aromatic rings. The van der Waals surface area contributed by atoms with Crippen LogP contribution >= 0.6 is 11.8 Å². The summed E-state index contributed by atoms with van der Waals surface area (Å²) in [7, 11) is 1.69. The van der Waals surface area contributed by atoms with Crippen LogP contribution in [0.5, 0.6) is 0 Å². The summed E-state index contributed by atoms with van der Waals surface area (Å²) in [5.74, 6) is 0.784. The van der Waals surface area contributed by atoms with E-state index in [2.05, 4.69) is 32.0 Å². The third-order valence-electron chi connectivity index (χ3n) is 4.55. The lowest BCUT2D eigenvalue weighted by molar-refractivity contribution is 0.218. The van der Waals surface area contributed by atoms with Gasteiger partial charge in [0.15, 0.2) is 5.16 Å². The summed E-state index contributed by atoms with van der Waals surface area (Å²) in [6, 6.07) is 8.30. The predicted molar refractivity (Wildman–Crippen MR) is 98.9 cm³/mol. The highest BCUT2D eigenvalue weighted by molar-refractivity contribution is 7.99. The summed E-state index contributed by atoms with van der Waals surface area (Å²) in [6.45, 7) is 7.56. The zero-order valence-electron chi connectivity index (χ0n) is 14.8. The number of ether oxygens (including phenoxy) is 1. The van der Waals surface area contributed by atoms with Gasteiger partial charge in [-0.3, -0.25) is 9.36 Å². The Morgan fingerprint density at radius 2 is 2.08 bits per heavy atom. The second kappa shape index (κ2) is 6.73. The molecule has 1 heterocycles. The molecule has 3 rings (SSSR count). The molecule has 5 heteroatoms. The molecule has 0 spiro atoms. The Morgan fingerprint density at radius 1 is 1.33 bits per heavy atom. The van der Waals surface area contributed by atoms with E-state index in [1.807, 2.05) is 13.0 Å². The van der Waals surface area contributed by atoms with Gasteiger partial charge in [0.05, 0.1) is 12.3 Å². The van der Waals surface area contributed by atoms with Gasteiger partial charge in [0.25, 0.3) is 5.56 Å². The maximum absolute atomic E-state index is 13.2. The number of nitrogens with zero attached hydrogens (tertiary/aromatic N) is 2. The standard InChI is InChI=1S/C19H24N2O2S/c1-5-21-17(22)15-16(20-18(21)24-11-10-23-4)14-9-7-6-8-13(14)12-19(15,2)3/h6-9H,5,10-12H2,1-4H3. The van der Waals surface area contributed by atoms with E-state index in [0.29, 0.717) is 13.2 Å². The smallest absolute Gasteiger partial charge is 0.258 e. The van der Waals surface area contributed by atoms with Gasteiger partial charge in [-0.15, -0.1) is 0 Å². The molecule has 128 valence electrons. The number of aromatic nitrogens is 2. The summed E-state index contributed by atoms with van der Waals surface area (Å²) >= 11 is 1.58. The van der Waals surface area contributed by atoms with Crippen LogP contribution in [-0.4, -0.2) is 29.0 Å². The van der Waals surface area contributed by atoms with E-state index in [0.717, 1.165) is 34.2 Å². The molecule has 0 saturated heterocycles. The van der Waals surface area contributed by atoms with Gasteiger partial charge in [0.1, 0.15) is 0 Å². The molecule has 1 aliphatic rings. The first-order chi connectivity index (χ1) is 11.5. The van der Waals surface area contributed by atoms with Gasteiger partial charge in [-0.25, -0.2) is 4.98 Å². The lowest BCUT2D eigenvalue weighted by atomic mass is 9.72. The Labute approximate surface area is 147 Å². The van der Waals surface area contributed by atoms with Gasteiger partial charge in [0, 0.05) is 35.9 Å². The third kappa shape index (κ3) is 2.91. The fourth-order valence-corrected chi connectivity index (χ4v) is 4.37. The highest BCUT2D eigenvalue weighted by atomic mass is 32.2. The average Bonchev–Trinajstić information content (AvgIpc) is 2.54. The quantitative estimate of drug-likeness (QED) is 0.473. The van der Waals surface area contributed by atoms with Crippen molar-refractivity contribution in [1.29, 1.82) is 0 Å². The minimum Gasteiger partial charge on any atom is -0.384 e. The molecule has 0 atom stereocenters. The van der Waals surface area contributed by atoms with Crippen molar-refractivity contribution < 1.29 is 4.74 Å². The number of methoxy groups -OCH3 is 1. The number of benzene rings is 1. The summed E-state index contributed by atoms with van der Waals surface area (Å²) in [6.07, 6.45) is 0.868. The van der Waals surface area contributed by atoms with Crippen LogP contribution < -0.4 is 5.56 Å². The first kappa shape index (κ1) is 17.2. The minimum atomic E-state index is -0.208. The molecule has 0 amide bonds. The van der Waals surface area contributed by atoms with Crippen molar-refractivity contribution in [3.63, 3.8) is 0 Å².